The van der Waals surface area contributed by atoms with Crippen LogP contribution in [0, 0.1) is 0 Å². The molecule has 0 radical (unpaired) electrons. The molecule has 21 heavy (non-hydrogen) atoms. The van der Waals surface area contributed by atoms with Gasteiger partial charge in [0.25, 0.3) is 5.56 Å². The molecule has 0 aliphatic carbocycles. The van der Waals surface area contributed by atoms with Crippen molar-refractivity contribution in [2.45, 2.75) is 13.3 Å². The molecule has 0 fully saturated rings. The molecule has 0 spiro atoms. The largest absolute Gasteiger partial charge is 0.378 e. The Hall–Kier alpha value is -2.21. The van der Waals surface area contributed by atoms with Gasteiger partial charge in [0.05, 0.1) is 4.53 Å². The Morgan fingerprint density at radius 1 is 1.29 bits per heavy atom. The number of aryl methyl sites for hydroxylation is 1. The molecule has 0 amide bonds. The lowest BCUT2D eigenvalue weighted by molar-refractivity contribution is 0.867. The van der Waals surface area contributed by atoms with Crippen LogP contribution < -0.4 is 15.0 Å². The maximum Gasteiger partial charge on any atom is 0.291 e. The number of hydrogen-bond acceptors (Lipinski definition) is 5. The highest BCUT2D eigenvalue weighted by Crippen LogP contribution is 2.12. The molecule has 0 aliphatic rings. The lowest BCUT2D eigenvalue weighted by atomic mass is 10.2. The van der Waals surface area contributed by atoms with E-state index in [4.69, 9.17) is 0 Å². The van der Waals surface area contributed by atoms with Crippen molar-refractivity contribution < 1.29 is 0 Å². The van der Waals surface area contributed by atoms with Gasteiger partial charge in [0.15, 0.2) is 5.82 Å². The fraction of sp³-hybridized carbons (Fsp3) is 0.267. The Bertz CT molecular complexity index is 877. The minimum absolute atomic E-state index is 0.0983. The van der Waals surface area contributed by atoms with Gasteiger partial charge >= 0.3 is 0 Å². The van der Waals surface area contributed by atoms with Crippen LogP contribution in [0.5, 0.6) is 0 Å². The highest BCUT2D eigenvalue weighted by atomic mass is 32.1. The first-order chi connectivity index (χ1) is 10.1. The number of fused-ring (bicyclic) bond motifs is 1. The summed E-state index contributed by atoms with van der Waals surface area (Å²) < 4.78 is 2.05. The SMILES string of the molecule is CCc1nc2s/c(=C\c3ccc(N(C)C)cc3)c(=O)n2n1. The Labute approximate surface area is 126 Å². The summed E-state index contributed by atoms with van der Waals surface area (Å²) in [7, 11) is 4.00. The van der Waals surface area contributed by atoms with Crippen molar-refractivity contribution in [3.63, 3.8) is 0 Å². The van der Waals surface area contributed by atoms with E-state index in [1.165, 1.54) is 15.9 Å². The number of nitrogens with zero attached hydrogens (tertiary/aromatic N) is 4. The number of hydrogen-bond donors (Lipinski definition) is 0. The maximum absolute atomic E-state index is 12.3. The first kappa shape index (κ1) is 13.8. The highest BCUT2D eigenvalue weighted by Gasteiger charge is 2.08. The summed E-state index contributed by atoms with van der Waals surface area (Å²) >= 11 is 1.38. The predicted octanol–water partition coefficient (Wildman–Crippen LogP) is 1.33. The van der Waals surface area contributed by atoms with Gasteiger partial charge in [-0.15, -0.1) is 5.10 Å². The number of thiazole rings is 1. The lowest BCUT2D eigenvalue weighted by Gasteiger charge is -2.11. The van der Waals surface area contributed by atoms with E-state index in [1.807, 2.05) is 56.3 Å². The van der Waals surface area contributed by atoms with Crippen LogP contribution in [0.4, 0.5) is 5.69 Å². The van der Waals surface area contributed by atoms with Crippen molar-refractivity contribution in [3.05, 3.63) is 50.5 Å². The lowest BCUT2D eigenvalue weighted by Crippen LogP contribution is -2.23. The molecule has 0 bridgehead atoms. The Morgan fingerprint density at radius 2 is 2.00 bits per heavy atom. The van der Waals surface area contributed by atoms with Crippen molar-refractivity contribution in [1.82, 2.24) is 14.6 Å². The van der Waals surface area contributed by atoms with Gasteiger partial charge in [-0.3, -0.25) is 4.79 Å². The topological polar surface area (TPSA) is 50.5 Å². The molecule has 3 aromatic rings. The first-order valence-electron chi connectivity index (χ1n) is 6.76. The van der Waals surface area contributed by atoms with Gasteiger partial charge in [-0.05, 0) is 23.8 Å². The van der Waals surface area contributed by atoms with E-state index in [2.05, 4.69) is 10.1 Å². The van der Waals surface area contributed by atoms with Crippen molar-refractivity contribution in [1.29, 1.82) is 0 Å². The minimum Gasteiger partial charge on any atom is -0.378 e. The van der Waals surface area contributed by atoms with Crippen LogP contribution >= 0.6 is 11.3 Å². The molecular weight excluding hydrogens is 284 g/mol. The highest BCUT2D eigenvalue weighted by molar-refractivity contribution is 7.15. The van der Waals surface area contributed by atoms with Crippen LogP contribution in [0.3, 0.4) is 0 Å². The summed E-state index contributed by atoms with van der Waals surface area (Å²) in [4.78, 5) is 19.3. The predicted molar refractivity (Wildman–Crippen MR) is 86.1 cm³/mol. The molecule has 1 aromatic carbocycles. The van der Waals surface area contributed by atoms with E-state index in [-0.39, 0.29) is 5.56 Å². The van der Waals surface area contributed by atoms with Crippen LogP contribution in [0.2, 0.25) is 0 Å². The molecule has 0 atom stereocenters. The maximum atomic E-state index is 12.3. The third-order valence-electron chi connectivity index (χ3n) is 3.25. The molecule has 6 heteroatoms. The van der Waals surface area contributed by atoms with Gasteiger partial charge in [-0.25, -0.2) is 4.98 Å². The molecule has 3 rings (SSSR count). The number of anilines is 1. The van der Waals surface area contributed by atoms with Gasteiger partial charge in [-0.1, -0.05) is 30.4 Å². The fourth-order valence-electron chi connectivity index (χ4n) is 2.04. The van der Waals surface area contributed by atoms with Crippen LogP contribution in [0.25, 0.3) is 11.0 Å². The fourth-order valence-corrected chi connectivity index (χ4v) is 2.97. The zero-order valence-electron chi connectivity index (χ0n) is 12.2. The van der Waals surface area contributed by atoms with Crippen molar-refractivity contribution in [2.75, 3.05) is 19.0 Å². The van der Waals surface area contributed by atoms with E-state index < -0.39 is 0 Å². The minimum atomic E-state index is -0.0983. The quantitative estimate of drug-likeness (QED) is 0.732. The van der Waals surface area contributed by atoms with Crippen LogP contribution in [0.1, 0.15) is 18.3 Å². The average Bonchev–Trinajstić information content (AvgIpc) is 3.00. The second kappa shape index (κ2) is 5.29. The summed E-state index contributed by atoms with van der Waals surface area (Å²) in [6.07, 6.45) is 2.62. The van der Waals surface area contributed by atoms with Crippen molar-refractivity contribution in [3.8, 4) is 0 Å². The molecule has 5 nitrogen and oxygen atoms in total. The summed E-state index contributed by atoms with van der Waals surface area (Å²) in [5, 5.41) is 4.21. The average molecular weight is 300 g/mol. The molecule has 0 aliphatic heterocycles. The van der Waals surface area contributed by atoms with Gasteiger partial charge in [0.2, 0.25) is 4.96 Å². The molecule has 2 aromatic heterocycles. The molecular formula is C15H16N4OS. The Balaban J connectivity index is 2.05. The summed E-state index contributed by atoms with van der Waals surface area (Å²) in [6.45, 7) is 1.98. The van der Waals surface area contributed by atoms with Crippen LogP contribution in [-0.4, -0.2) is 28.7 Å². The molecule has 0 unspecified atom stereocenters. The van der Waals surface area contributed by atoms with E-state index in [9.17, 15) is 4.79 Å². The zero-order valence-corrected chi connectivity index (χ0v) is 13.0. The number of benzene rings is 1. The third-order valence-corrected chi connectivity index (χ3v) is 4.21. The van der Waals surface area contributed by atoms with E-state index in [0.717, 1.165) is 17.7 Å². The van der Waals surface area contributed by atoms with E-state index >= 15 is 0 Å². The molecule has 2 heterocycles. The second-order valence-electron chi connectivity index (χ2n) is 4.98. The second-order valence-corrected chi connectivity index (χ2v) is 5.99. The van der Waals surface area contributed by atoms with Gasteiger partial charge in [0, 0.05) is 26.2 Å². The zero-order chi connectivity index (χ0) is 15.0. The van der Waals surface area contributed by atoms with Crippen LogP contribution in [-0.2, 0) is 6.42 Å². The van der Waals surface area contributed by atoms with Gasteiger partial charge in [0.1, 0.15) is 0 Å². The van der Waals surface area contributed by atoms with Crippen LogP contribution in [0.15, 0.2) is 29.1 Å². The molecule has 108 valence electrons. The monoisotopic (exact) mass is 300 g/mol. The van der Waals surface area contributed by atoms with Gasteiger partial charge < -0.3 is 4.90 Å². The summed E-state index contributed by atoms with van der Waals surface area (Å²) in [5.41, 5.74) is 2.03. The molecule has 0 saturated carbocycles. The molecule has 0 saturated heterocycles. The normalized spacial score (nSPS) is 12.2. The van der Waals surface area contributed by atoms with E-state index in [0.29, 0.717) is 15.3 Å². The Kier molecular flexibility index (Phi) is 3.47. The van der Waals surface area contributed by atoms with Gasteiger partial charge in [-0.2, -0.15) is 4.52 Å². The standard InChI is InChI=1S/C15H16N4OS/c1-4-13-16-15-19(17-13)14(20)12(21-15)9-10-5-7-11(8-6-10)18(2)3/h5-9H,4H2,1-3H3/b12-9-. The van der Waals surface area contributed by atoms with Crippen molar-refractivity contribution >= 4 is 28.1 Å². The van der Waals surface area contributed by atoms with Crippen molar-refractivity contribution in [2.24, 2.45) is 0 Å². The Morgan fingerprint density at radius 3 is 2.57 bits per heavy atom. The summed E-state index contributed by atoms with van der Waals surface area (Å²) in [6, 6.07) is 8.06. The first-order valence-corrected chi connectivity index (χ1v) is 7.57. The molecule has 0 N–H and O–H groups in total. The number of rotatable bonds is 3. The number of aromatic nitrogens is 3. The summed E-state index contributed by atoms with van der Waals surface area (Å²) in [5.74, 6) is 0.709. The van der Waals surface area contributed by atoms with E-state index in [1.54, 1.807) is 0 Å². The third kappa shape index (κ3) is 2.54. The smallest absolute Gasteiger partial charge is 0.291 e.